The van der Waals surface area contributed by atoms with Gasteiger partial charge in [-0.25, -0.2) is 0 Å². The Kier molecular flexibility index (Phi) is 10.3. The first-order valence-corrected chi connectivity index (χ1v) is 8.46. The summed E-state index contributed by atoms with van der Waals surface area (Å²) in [5.74, 6) is -0.565. The second-order valence-corrected chi connectivity index (χ2v) is 5.55. The van der Waals surface area contributed by atoms with Crippen molar-refractivity contribution in [2.24, 2.45) is 0 Å². The molecule has 0 N–H and O–H groups in total. The molecule has 0 fully saturated rings. The van der Waals surface area contributed by atoms with Gasteiger partial charge in [-0.05, 0) is 0 Å². The molecule has 0 aromatic carbocycles. The minimum absolute atomic E-state index is 0.212. The molecule has 0 heterocycles. The maximum absolute atomic E-state index is 11.1. The first-order valence-electron chi connectivity index (χ1n) is 5.29. The molecule has 0 unspecified atom stereocenters. The van der Waals surface area contributed by atoms with E-state index >= 15 is 0 Å². The first-order chi connectivity index (χ1) is 7.16. The van der Waals surface area contributed by atoms with Crippen LogP contribution in [0.15, 0.2) is 0 Å². The van der Waals surface area contributed by atoms with E-state index in [1.54, 1.807) is 0 Å². The number of rotatable bonds is 8. The average Bonchev–Trinajstić information content (AvgIpc) is 2.17. The van der Waals surface area contributed by atoms with Gasteiger partial charge in [-0.1, -0.05) is 0 Å². The molecular weight excluding hydrogens is 391 g/mol. The van der Waals surface area contributed by atoms with E-state index < -0.39 is 25.1 Å². The van der Waals surface area contributed by atoms with Crippen LogP contribution in [-0.2, 0) is 15.0 Å². The Hall–Kier alpha value is -0.138. The standard InChI is InChI=1S/C8H16O2.C2H4O2.Pb/c1-2-3-4-5-6-7-8(9)10;1-2(3)4;/h2-7H2,1H3,(H,9,10);1H3,(H,3,4);/q;;+2/p-2. The maximum atomic E-state index is 11.1. The van der Waals surface area contributed by atoms with Gasteiger partial charge in [0, 0.05) is 0 Å². The van der Waals surface area contributed by atoms with Crippen molar-refractivity contribution in [2.75, 3.05) is 0 Å². The van der Waals surface area contributed by atoms with Gasteiger partial charge in [0.1, 0.15) is 0 Å². The Morgan fingerprint density at radius 3 is 2.33 bits per heavy atom. The molecule has 0 atom stereocenters. The van der Waals surface area contributed by atoms with Gasteiger partial charge in [0.25, 0.3) is 0 Å². The fraction of sp³-hybridized carbons (Fsp3) is 0.800. The van der Waals surface area contributed by atoms with Gasteiger partial charge >= 0.3 is 104 Å². The van der Waals surface area contributed by atoms with Crippen molar-refractivity contribution < 1.29 is 15.0 Å². The summed E-state index contributed by atoms with van der Waals surface area (Å²) in [5, 5.41) is 0. The van der Waals surface area contributed by atoms with Crippen molar-refractivity contribution in [3.63, 3.8) is 0 Å². The summed E-state index contributed by atoms with van der Waals surface area (Å²) in [5.41, 5.74) is 0. The average molecular weight is 409 g/mol. The summed E-state index contributed by atoms with van der Waals surface area (Å²) >= 11 is -1.89. The SMILES string of the molecule is CCCCCCCC(=O)[O][Pb][O]C(C)=O. The normalized spacial score (nSPS) is 9.73. The fourth-order valence-corrected chi connectivity index (χ4v) is 2.43. The Labute approximate surface area is 104 Å². The van der Waals surface area contributed by atoms with Crippen LogP contribution >= 0.6 is 0 Å². The molecule has 0 aliphatic carbocycles. The van der Waals surface area contributed by atoms with E-state index in [0.29, 0.717) is 6.42 Å². The molecule has 15 heavy (non-hydrogen) atoms. The van der Waals surface area contributed by atoms with Crippen LogP contribution in [0, 0.1) is 0 Å². The summed E-state index contributed by atoms with van der Waals surface area (Å²) in [6, 6.07) is 0. The zero-order valence-electron chi connectivity index (χ0n) is 9.38. The Balaban J connectivity index is 3.22. The van der Waals surface area contributed by atoms with Crippen LogP contribution in [0.25, 0.3) is 0 Å². The topological polar surface area (TPSA) is 52.6 Å². The van der Waals surface area contributed by atoms with Crippen LogP contribution in [0.4, 0.5) is 0 Å². The van der Waals surface area contributed by atoms with Crippen LogP contribution in [-0.4, -0.2) is 37.1 Å². The molecule has 0 saturated carbocycles. The van der Waals surface area contributed by atoms with Crippen molar-refractivity contribution in [1.82, 2.24) is 0 Å². The van der Waals surface area contributed by atoms with Gasteiger partial charge in [0.15, 0.2) is 0 Å². The number of hydrogen-bond donors (Lipinski definition) is 0. The summed E-state index contributed by atoms with van der Waals surface area (Å²) in [6.45, 7) is 3.48. The van der Waals surface area contributed by atoms with Crippen LogP contribution in [0.2, 0.25) is 0 Å². The summed E-state index contributed by atoms with van der Waals surface area (Å²) in [7, 11) is 0. The summed E-state index contributed by atoms with van der Waals surface area (Å²) in [6.07, 6.45) is 6.01. The molecule has 86 valence electrons. The molecule has 0 bridgehead atoms. The van der Waals surface area contributed by atoms with Gasteiger partial charge in [-0.2, -0.15) is 0 Å². The molecule has 0 aromatic rings. The molecule has 0 amide bonds. The van der Waals surface area contributed by atoms with Gasteiger partial charge in [0.2, 0.25) is 0 Å². The van der Waals surface area contributed by atoms with E-state index in [1.165, 1.54) is 26.2 Å². The molecule has 0 aliphatic heterocycles. The molecule has 0 aromatic heterocycles. The van der Waals surface area contributed by atoms with E-state index in [9.17, 15) is 9.59 Å². The molecule has 0 saturated heterocycles. The van der Waals surface area contributed by atoms with Gasteiger partial charge < -0.3 is 0 Å². The molecule has 0 spiro atoms. The first kappa shape index (κ1) is 14.9. The molecule has 5 heteroatoms. The monoisotopic (exact) mass is 410 g/mol. The van der Waals surface area contributed by atoms with E-state index in [1.807, 2.05) is 0 Å². The summed E-state index contributed by atoms with van der Waals surface area (Å²) < 4.78 is 9.54. The van der Waals surface area contributed by atoms with Crippen molar-refractivity contribution >= 4 is 37.1 Å². The van der Waals surface area contributed by atoms with Crippen LogP contribution in [0.5, 0.6) is 0 Å². The van der Waals surface area contributed by atoms with E-state index in [-0.39, 0.29) is 11.9 Å². The van der Waals surface area contributed by atoms with Crippen molar-refractivity contribution in [3.05, 3.63) is 0 Å². The molecule has 2 radical (unpaired) electrons. The Morgan fingerprint density at radius 1 is 1.07 bits per heavy atom. The third-order valence-electron chi connectivity index (χ3n) is 1.83. The second kappa shape index (κ2) is 10.4. The van der Waals surface area contributed by atoms with Crippen molar-refractivity contribution in [3.8, 4) is 0 Å². The Morgan fingerprint density at radius 2 is 1.73 bits per heavy atom. The number of carbonyl (C=O) groups excluding carboxylic acids is 2. The van der Waals surface area contributed by atoms with E-state index in [0.717, 1.165) is 12.8 Å². The van der Waals surface area contributed by atoms with Crippen molar-refractivity contribution in [2.45, 2.75) is 52.4 Å². The van der Waals surface area contributed by atoms with Crippen LogP contribution < -0.4 is 0 Å². The van der Waals surface area contributed by atoms with E-state index in [2.05, 4.69) is 9.61 Å². The predicted octanol–water partition coefficient (Wildman–Crippen LogP) is 1.99. The van der Waals surface area contributed by atoms with E-state index in [4.69, 9.17) is 2.69 Å². The third-order valence-corrected chi connectivity index (χ3v) is 4.48. The zero-order valence-corrected chi connectivity index (χ0v) is 13.3. The van der Waals surface area contributed by atoms with Crippen LogP contribution in [0.1, 0.15) is 52.4 Å². The second-order valence-electron chi connectivity index (χ2n) is 3.32. The number of unbranched alkanes of at least 4 members (excludes halogenated alkanes) is 4. The number of carbonyl (C=O) groups is 2. The fourth-order valence-electron chi connectivity index (χ4n) is 1.05. The molecule has 0 aliphatic rings. The third kappa shape index (κ3) is 11.8. The molecular formula is C10H18O4Pb. The van der Waals surface area contributed by atoms with Crippen LogP contribution in [0.3, 0.4) is 0 Å². The van der Waals surface area contributed by atoms with Gasteiger partial charge in [0.05, 0.1) is 0 Å². The van der Waals surface area contributed by atoms with Gasteiger partial charge in [-0.15, -0.1) is 0 Å². The number of hydrogen-bond acceptors (Lipinski definition) is 4. The quantitative estimate of drug-likeness (QED) is 0.455. The van der Waals surface area contributed by atoms with Crippen molar-refractivity contribution in [1.29, 1.82) is 0 Å². The zero-order chi connectivity index (χ0) is 11.5. The summed E-state index contributed by atoms with van der Waals surface area (Å²) in [4.78, 5) is 21.5. The minimum atomic E-state index is -1.89. The molecule has 4 nitrogen and oxygen atoms in total. The van der Waals surface area contributed by atoms with Gasteiger partial charge in [-0.3, -0.25) is 0 Å². The molecule has 0 rings (SSSR count). The predicted molar refractivity (Wildman–Crippen MR) is 57.0 cm³/mol. The Bertz CT molecular complexity index is 194.